The first-order valence-corrected chi connectivity index (χ1v) is 15.0. The predicted octanol–water partition coefficient (Wildman–Crippen LogP) is 3.20. The van der Waals surface area contributed by atoms with Crippen molar-refractivity contribution in [2.24, 2.45) is 5.92 Å². The van der Waals surface area contributed by atoms with Crippen LogP contribution in [0.1, 0.15) is 44.2 Å². The number of rotatable bonds is 3. The Morgan fingerprint density at radius 2 is 1.77 bits per heavy atom. The van der Waals surface area contributed by atoms with Gasteiger partial charge in [-0.25, -0.2) is 4.39 Å². The van der Waals surface area contributed by atoms with Gasteiger partial charge in [0.15, 0.2) is 0 Å². The molecule has 3 N–H and O–H groups in total. The number of likely N-dealkylation sites (N-methyl/N-ethyl adjacent to an activating group) is 1. The molecule has 1 aliphatic heterocycles. The number of halogens is 2. The Morgan fingerprint density at radius 1 is 1.05 bits per heavy atom. The number of benzene rings is 2. The summed E-state index contributed by atoms with van der Waals surface area (Å²) in [7, 11) is 1.62. The molecule has 0 radical (unpaired) electrons. The molecule has 3 amide bonds. The van der Waals surface area contributed by atoms with Crippen LogP contribution in [0.2, 0.25) is 0 Å². The van der Waals surface area contributed by atoms with E-state index < -0.39 is 24.0 Å². The number of fused-ring (bicyclic) bond motifs is 1. The van der Waals surface area contributed by atoms with Gasteiger partial charge in [0, 0.05) is 30.1 Å². The van der Waals surface area contributed by atoms with Crippen molar-refractivity contribution in [3.05, 3.63) is 63.0 Å². The van der Waals surface area contributed by atoms with Crippen LogP contribution in [0.4, 0.5) is 4.39 Å². The van der Waals surface area contributed by atoms with Gasteiger partial charge in [-0.1, -0.05) is 18.2 Å². The van der Waals surface area contributed by atoms with E-state index in [0.717, 1.165) is 27.7 Å². The second-order valence-corrected chi connectivity index (χ2v) is 12.1. The van der Waals surface area contributed by atoms with Crippen molar-refractivity contribution in [1.82, 2.24) is 20.9 Å². The number of ether oxygens (including phenoxy) is 1. The second-order valence-electron chi connectivity index (χ2n) is 10.8. The van der Waals surface area contributed by atoms with E-state index in [-0.39, 0.29) is 36.1 Å². The molecule has 4 rings (SSSR count). The third-order valence-corrected chi connectivity index (χ3v) is 8.23. The number of hydrogen-bond acceptors (Lipinski definition) is 5. The zero-order valence-electron chi connectivity index (χ0n) is 23.2. The SMILES string of the molecule is C[C@@H]1CN[C@@H](C2CC2)C(=O)N(C)[C@H](C)C(=O)N[C@H](Cc2ccc(F)cc2)C(=O)NCCCc2ccc(I)cc2O1. The van der Waals surface area contributed by atoms with Crippen LogP contribution in [0.5, 0.6) is 5.75 Å². The molecule has 1 saturated carbocycles. The van der Waals surface area contributed by atoms with Gasteiger partial charge in [0.25, 0.3) is 0 Å². The fourth-order valence-corrected chi connectivity index (χ4v) is 5.30. The van der Waals surface area contributed by atoms with Gasteiger partial charge in [0.2, 0.25) is 17.7 Å². The van der Waals surface area contributed by atoms with E-state index in [2.05, 4.69) is 38.5 Å². The lowest BCUT2D eigenvalue weighted by Crippen LogP contribution is -2.57. The van der Waals surface area contributed by atoms with Crippen molar-refractivity contribution in [2.75, 3.05) is 20.1 Å². The van der Waals surface area contributed by atoms with Gasteiger partial charge in [-0.05, 0) is 103 Å². The maximum atomic E-state index is 13.5. The highest BCUT2D eigenvalue weighted by molar-refractivity contribution is 14.1. The molecular formula is C30H38FIN4O4. The molecule has 2 aliphatic rings. The Bertz CT molecular complexity index is 1210. The third-order valence-electron chi connectivity index (χ3n) is 7.56. The van der Waals surface area contributed by atoms with Crippen molar-refractivity contribution in [3.63, 3.8) is 0 Å². The maximum absolute atomic E-state index is 13.5. The number of nitrogens with one attached hydrogen (secondary N) is 3. The van der Waals surface area contributed by atoms with Gasteiger partial charge in [-0.3, -0.25) is 14.4 Å². The van der Waals surface area contributed by atoms with Crippen molar-refractivity contribution in [2.45, 2.75) is 70.2 Å². The van der Waals surface area contributed by atoms with Crippen LogP contribution in [-0.4, -0.2) is 67.0 Å². The van der Waals surface area contributed by atoms with E-state index in [1.54, 1.807) is 26.1 Å². The van der Waals surface area contributed by atoms with E-state index in [1.165, 1.54) is 17.0 Å². The van der Waals surface area contributed by atoms with Crippen LogP contribution in [0, 0.1) is 15.3 Å². The first kappa shape index (κ1) is 30.2. The van der Waals surface area contributed by atoms with Crippen molar-refractivity contribution in [3.8, 4) is 5.75 Å². The van der Waals surface area contributed by atoms with Gasteiger partial charge >= 0.3 is 0 Å². The Balaban J connectivity index is 1.58. The Morgan fingerprint density at radius 3 is 2.48 bits per heavy atom. The summed E-state index contributed by atoms with van der Waals surface area (Å²) in [5.41, 5.74) is 1.76. The first-order valence-electron chi connectivity index (χ1n) is 13.9. The largest absolute Gasteiger partial charge is 0.489 e. The first-order chi connectivity index (χ1) is 19.1. The molecule has 1 heterocycles. The number of hydrogen-bond donors (Lipinski definition) is 3. The lowest BCUT2D eigenvalue weighted by molar-refractivity contribution is -0.141. The Kier molecular flexibility index (Phi) is 10.4. The highest BCUT2D eigenvalue weighted by atomic mass is 127. The summed E-state index contributed by atoms with van der Waals surface area (Å²) in [4.78, 5) is 41.5. The number of nitrogens with zero attached hydrogens (tertiary/aromatic N) is 1. The fraction of sp³-hybridized carbons (Fsp3) is 0.500. The van der Waals surface area contributed by atoms with Gasteiger partial charge in [0.05, 0.1) is 6.04 Å². The van der Waals surface area contributed by atoms with E-state index in [0.29, 0.717) is 31.5 Å². The lowest BCUT2D eigenvalue weighted by Gasteiger charge is -2.31. The minimum Gasteiger partial charge on any atom is -0.489 e. The fourth-order valence-electron chi connectivity index (χ4n) is 4.84. The van der Waals surface area contributed by atoms with Crippen molar-refractivity contribution >= 4 is 40.3 Å². The Labute approximate surface area is 248 Å². The molecule has 0 unspecified atom stereocenters. The topological polar surface area (TPSA) is 99.8 Å². The standard InChI is InChI=1S/C30H38FIN4O4/c1-18-17-34-27(22-8-9-22)30(39)36(3)19(2)28(37)35-25(15-20-6-11-23(31)12-7-20)29(38)33-14-4-5-21-10-13-24(32)16-26(21)40-18/h6-7,10-13,16,18-19,22,25,27,34H,4-5,8-9,14-15,17H2,1-3H3,(H,33,38)(H,35,37)/t18-,19-,25-,27+/m1/s1. The van der Waals surface area contributed by atoms with Crippen LogP contribution in [0.25, 0.3) is 0 Å². The number of carbonyl (C=O) groups excluding carboxylic acids is 3. The Hall–Kier alpha value is -2.73. The molecule has 216 valence electrons. The number of amides is 3. The molecule has 4 atom stereocenters. The van der Waals surface area contributed by atoms with Crippen molar-refractivity contribution < 1.29 is 23.5 Å². The summed E-state index contributed by atoms with van der Waals surface area (Å²) < 4.78 is 20.8. The van der Waals surface area contributed by atoms with Gasteiger partial charge in [-0.2, -0.15) is 0 Å². The van der Waals surface area contributed by atoms with Crippen LogP contribution in [0.3, 0.4) is 0 Å². The van der Waals surface area contributed by atoms with Gasteiger partial charge in [0.1, 0.15) is 29.8 Å². The molecule has 0 bridgehead atoms. The highest BCUT2D eigenvalue weighted by Crippen LogP contribution is 2.34. The molecule has 40 heavy (non-hydrogen) atoms. The minimum absolute atomic E-state index is 0.159. The van der Waals surface area contributed by atoms with E-state index in [1.807, 2.05) is 25.1 Å². The summed E-state index contributed by atoms with van der Waals surface area (Å²) in [5.74, 6) is -0.265. The summed E-state index contributed by atoms with van der Waals surface area (Å²) in [5, 5.41) is 9.19. The van der Waals surface area contributed by atoms with Crippen LogP contribution >= 0.6 is 22.6 Å². The quantitative estimate of drug-likeness (QED) is 0.438. The van der Waals surface area contributed by atoms with Gasteiger partial charge in [-0.15, -0.1) is 0 Å². The monoisotopic (exact) mass is 664 g/mol. The molecule has 2 aromatic carbocycles. The molecule has 0 spiro atoms. The minimum atomic E-state index is -0.877. The zero-order chi connectivity index (χ0) is 28.8. The highest BCUT2D eigenvalue weighted by Gasteiger charge is 2.39. The molecule has 0 saturated heterocycles. The lowest BCUT2D eigenvalue weighted by atomic mass is 10.0. The summed E-state index contributed by atoms with van der Waals surface area (Å²) in [6.07, 6.45) is 3.31. The van der Waals surface area contributed by atoms with E-state index >= 15 is 0 Å². The van der Waals surface area contributed by atoms with E-state index in [9.17, 15) is 18.8 Å². The number of aryl methyl sites for hydroxylation is 1. The number of carbonyl (C=O) groups is 3. The van der Waals surface area contributed by atoms with E-state index in [4.69, 9.17) is 4.74 Å². The van der Waals surface area contributed by atoms with Crippen LogP contribution < -0.4 is 20.7 Å². The predicted molar refractivity (Wildman–Crippen MR) is 159 cm³/mol. The third kappa shape index (κ3) is 8.15. The van der Waals surface area contributed by atoms with Crippen molar-refractivity contribution in [1.29, 1.82) is 0 Å². The maximum Gasteiger partial charge on any atom is 0.243 e. The molecular weight excluding hydrogens is 626 g/mol. The molecule has 0 aromatic heterocycles. The summed E-state index contributed by atoms with van der Waals surface area (Å²) >= 11 is 2.26. The average Bonchev–Trinajstić information content (AvgIpc) is 3.76. The average molecular weight is 665 g/mol. The van der Waals surface area contributed by atoms with Crippen LogP contribution in [0.15, 0.2) is 42.5 Å². The summed E-state index contributed by atoms with van der Waals surface area (Å²) in [6, 6.07) is 9.87. The smallest absolute Gasteiger partial charge is 0.243 e. The molecule has 10 heteroatoms. The molecule has 2 aromatic rings. The molecule has 1 fully saturated rings. The zero-order valence-corrected chi connectivity index (χ0v) is 25.4. The normalized spacial score (nSPS) is 25.6. The molecule has 1 aliphatic carbocycles. The summed E-state index contributed by atoms with van der Waals surface area (Å²) in [6.45, 7) is 4.54. The van der Waals surface area contributed by atoms with Crippen LogP contribution in [-0.2, 0) is 27.2 Å². The molecule has 8 nitrogen and oxygen atoms in total. The van der Waals surface area contributed by atoms with Gasteiger partial charge < -0.3 is 25.6 Å². The second kappa shape index (κ2) is 13.8.